The second-order valence-electron chi connectivity index (χ2n) is 5.10. The SMILES string of the molecule is N#Cc1ncc(C(=O)NC2COC2)cc1-c1cc(F)cc(F)c1. The number of pyridine rings is 1. The first-order valence-electron chi connectivity index (χ1n) is 6.82. The van der Waals surface area contributed by atoms with Crippen LogP contribution in [0.15, 0.2) is 30.5 Å². The molecule has 0 spiro atoms. The van der Waals surface area contributed by atoms with Gasteiger partial charge in [0.05, 0.1) is 24.8 Å². The maximum atomic E-state index is 13.4. The van der Waals surface area contributed by atoms with E-state index in [2.05, 4.69) is 10.3 Å². The number of ether oxygens (including phenoxy) is 1. The maximum absolute atomic E-state index is 13.4. The summed E-state index contributed by atoms with van der Waals surface area (Å²) in [6, 6.07) is 6.09. The minimum absolute atomic E-state index is 0.0153. The topological polar surface area (TPSA) is 75.0 Å². The largest absolute Gasteiger partial charge is 0.377 e. The van der Waals surface area contributed by atoms with Crippen LogP contribution in [0.4, 0.5) is 8.78 Å². The van der Waals surface area contributed by atoms with Gasteiger partial charge < -0.3 is 10.1 Å². The smallest absolute Gasteiger partial charge is 0.253 e. The number of nitrogens with one attached hydrogen (secondary N) is 1. The first-order valence-corrected chi connectivity index (χ1v) is 6.82. The quantitative estimate of drug-likeness (QED) is 0.940. The molecular formula is C16H11F2N3O2. The number of carbonyl (C=O) groups excluding carboxylic acids is 1. The van der Waals surface area contributed by atoms with E-state index >= 15 is 0 Å². The lowest BCUT2D eigenvalue weighted by atomic mass is 10.0. The summed E-state index contributed by atoms with van der Waals surface area (Å²) in [5.41, 5.74) is 0.533. The van der Waals surface area contributed by atoms with E-state index in [0.29, 0.717) is 13.2 Å². The van der Waals surface area contributed by atoms with Crippen molar-refractivity contribution in [2.45, 2.75) is 6.04 Å². The molecular weight excluding hydrogens is 304 g/mol. The number of carbonyl (C=O) groups is 1. The molecule has 1 saturated heterocycles. The molecule has 1 aliphatic rings. The van der Waals surface area contributed by atoms with E-state index < -0.39 is 11.6 Å². The summed E-state index contributed by atoms with van der Waals surface area (Å²) >= 11 is 0. The Labute approximate surface area is 130 Å². The van der Waals surface area contributed by atoms with Crippen LogP contribution in [0.1, 0.15) is 16.1 Å². The molecule has 1 amide bonds. The van der Waals surface area contributed by atoms with Crippen LogP contribution in [0.25, 0.3) is 11.1 Å². The lowest BCUT2D eigenvalue weighted by molar-refractivity contribution is -0.00346. The molecule has 1 N–H and O–H groups in total. The molecule has 2 heterocycles. The molecule has 116 valence electrons. The first-order chi connectivity index (χ1) is 11.1. The van der Waals surface area contributed by atoms with Gasteiger partial charge in [0.15, 0.2) is 0 Å². The van der Waals surface area contributed by atoms with Gasteiger partial charge in [-0.2, -0.15) is 5.26 Å². The van der Waals surface area contributed by atoms with Crippen molar-refractivity contribution in [1.82, 2.24) is 10.3 Å². The van der Waals surface area contributed by atoms with Crippen LogP contribution in [0.3, 0.4) is 0 Å². The Kier molecular flexibility index (Phi) is 4.00. The van der Waals surface area contributed by atoms with Crippen molar-refractivity contribution in [1.29, 1.82) is 5.26 Å². The lowest BCUT2D eigenvalue weighted by Gasteiger charge is -2.26. The maximum Gasteiger partial charge on any atom is 0.253 e. The van der Waals surface area contributed by atoms with Gasteiger partial charge in [0.2, 0.25) is 0 Å². The van der Waals surface area contributed by atoms with E-state index in [-0.39, 0.29) is 34.3 Å². The number of rotatable bonds is 3. The number of halogens is 2. The third-order valence-electron chi connectivity index (χ3n) is 3.40. The fourth-order valence-electron chi connectivity index (χ4n) is 2.20. The molecule has 5 nitrogen and oxygen atoms in total. The Bertz CT molecular complexity index is 793. The molecule has 3 rings (SSSR count). The van der Waals surface area contributed by atoms with Gasteiger partial charge in [0, 0.05) is 17.8 Å². The fourth-order valence-corrected chi connectivity index (χ4v) is 2.20. The molecule has 23 heavy (non-hydrogen) atoms. The Morgan fingerprint density at radius 2 is 1.96 bits per heavy atom. The Hall–Kier alpha value is -2.85. The molecule has 0 radical (unpaired) electrons. The van der Waals surface area contributed by atoms with Crippen LogP contribution >= 0.6 is 0 Å². The van der Waals surface area contributed by atoms with Crippen LogP contribution < -0.4 is 5.32 Å². The average molecular weight is 315 g/mol. The highest BCUT2D eigenvalue weighted by Gasteiger charge is 2.22. The van der Waals surface area contributed by atoms with Crippen molar-refractivity contribution < 1.29 is 18.3 Å². The molecule has 1 aromatic carbocycles. The molecule has 0 aliphatic carbocycles. The number of hydrogen-bond donors (Lipinski definition) is 1. The van der Waals surface area contributed by atoms with E-state index in [1.807, 2.05) is 6.07 Å². The number of benzene rings is 1. The zero-order valence-corrected chi connectivity index (χ0v) is 11.8. The van der Waals surface area contributed by atoms with Crippen LogP contribution in [0.5, 0.6) is 0 Å². The highest BCUT2D eigenvalue weighted by Crippen LogP contribution is 2.25. The highest BCUT2D eigenvalue weighted by atomic mass is 19.1. The summed E-state index contributed by atoms with van der Waals surface area (Å²) in [7, 11) is 0. The molecule has 1 fully saturated rings. The summed E-state index contributed by atoms with van der Waals surface area (Å²) in [4.78, 5) is 16.0. The van der Waals surface area contributed by atoms with Gasteiger partial charge in [0.25, 0.3) is 5.91 Å². The van der Waals surface area contributed by atoms with Gasteiger partial charge in [-0.05, 0) is 23.8 Å². The van der Waals surface area contributed by atoms with E-state index in [9.17, 15) is 13.6 Å². The molecule has 1 aliphatic heterocycles. The highest BCUT2D eigenvalue weighted by molar-refractivity contribution is 5.95. The summed E-state index contributed by atoms with van der Waals surface area (Å²) in [6.45, 7) is 0.884. The molecule has 1 aromatic heterocycles. The van der Waals surface area contributed by atoms with Crippen molar-refractivity contribution in [2.75, 3.05) is 13.2 Å². The number of aromatic nitrogens is 1. The van der Waals surface area contributed by atoms with Gasteiger partial charge in [-0.1, -0.05) is 0 Å². The van der Waals surface area contributed by atoms with Gasteiger partial charge in [0.1, 0.15) is 23.4 Å². The van der Waals surface area contributed by atoms with Crippen molar-refractivity contribution in [3.63, 3.8) is 0 Å². The standard InChI is InChI=1S/C16H11F2N3O2/c17-11-1-9(2-12(18)4-11)14-3-10(6-20-15(14)5-19)16(22)21-13-7-23-8-13/h1-4,6,13H,7-8H2,(H,21,22). The lowest BCUT2D eigenvalue weighted by Crippen LogP contribution is -2.48. The molecule has 7 heteroatoms. The van der Waals surface area contributed by atoms with E-state index in [4.69, 9.17) is 10.00 Å². The number of amides is 1. The number of hydrogen-bond acceptors (Lipinski definition) is 4. The van der Waals surface area contributed by atoms with Crippen LogP contribution in [-0.2, 0) is 4.74 Å². The van der Waals surface area contributed by atoms with Crippen molar-refractivity contribution in [3.05, 3.63) is 53.4 Å². The third-order valence-corrected chi connectivity index (χ3v) is 3.40. The second kappa shape index (κ2) is 6.10. The Morgan fingerprint density at radius 3 is 2.52 bits per heavy atom. The van der Waals surface area contributed by atoms with E-state index in [0.717, 1.165) is 18.2 Å². The predicted molar refractivity (Wildman–Crippen MR) is 76.4 cm³/mol. The molecule has 0 atom stereocenters. The van der Waals surface area contributed by atoms with Gasteiger partial charge in [-0.3, -0.25) is 4.79 Å². The zero-order valence-electron chi connectivity index (χ0n) is 11.8. The van der Waals surface area contributed by atoms with Crippen molar-refractivity contribution in [2.24, 2.45) is 0 Å². The zero-order chi connectivity index (χ0) is 16.4. The number of nitrogens with zero attached hydrogens (tertiary/aromatic N) is 2. The van der Waals surface area contributed by atoms with Gasteiger partial charge >= 0.3 is 0 Å². The third kappa shape index (κ3) is 3.17. The van der Waals surface area contributed by atoms with Gasteiger partial charge in [-0.25, -0.2) is 13.8 Å². The van der Waals surface area contributed by atoms with E-state index in [1.54, 1.807) is 0 Å². The minimum atomic E-state index is -0.773. The van der Waals surface area contributed by atoms with Crippen molar-refractivity contribution >= 4 is 5.91 Å². The predicted octanol–water partition coefficient (Wildman–Crippen LogP) is 2.03. The minimum Gasteiger partial charge on any atom is -0.377 e. The van der Waals surface area contributed by atoms with Gasteiger partial charge in [-0.15, -0.1) is 0 Å². The van der Waals surface area contributed by atoms with Crippen molar-refractivity contribution in [3.8, 4) is 17.2 Å². The summed E-state index contributed by atoms with van der Waals surface area (Å²) < 4.78 is 31.8. The van der Waals surface area contributed by atoms with Crippen LogP contribution in [0.2, 0.25) is 0 Å². The molecule has 0 bridgehead atoms. The molecule has 0 unspecified atom stereocenters. The summed E-state index contributed by atoms with van der Waals surface area (Å²) in [5.74, 6) is -1.93. The summed E-state index contributed by atoms with van der Waals surface area (Å²) in [5, 5.41) is 11.9. The second-order valence-corrected chi connectivity index (χ2v) is 5.10. The van der Waals surface area contributed by atoms with Crippen LogP contribution in [-0.4, -0.2) is 30.1 Å². The van der Waals surface area contributed by atoms with Crippen LogP contribution in [0, 0.1) is 23.0 Å². The molecule has 0 saturated carbocycles. The normalized spacial score (nSPS) is 14.0. The van der Waals surface area contributed by atoms with E-state index in [1.165, 1.54) is 12.3 Å². The fraction of sp³-hybridized carbons (Fsp3) is 0.188. The first kappa shape index (κ1) is 15.1. The number of nitriles is 1. The average Bonchev–Trinajstić information content (AvgIpc) is 2.49. The Balaban J connectivity index is 1.99. The summed E-state index contributed by atoms with van der Waals surface area (Å²) in [6.07, 6.45) is 1.26. The molecule has 2 aromatic rings. The Morgan fingerprint density at radius 1 is 1.26 bits per heavy atom. The monoisotopic (exact) mass is 315 g/mol.